The van der Waals surface area contributed by atoms with Crippen LogP contribution in [0.25, 0.3) is 0 Å². The molecule has 1 saturated heterocycles. The number of hydrogen-bond acceptors (Lipinski definition) is 6. The third-order valence-corrected chi connectivity index (χ3v) is 5.08. The molecule has 144 valence electrons. The van der Waals surface area contributed by atoms with Crippen LogP contribution in [0.1, 0.15) is 33.1 Å². The molecule has 3 rings (SSSR count). The molecule has 0 aliphatic carbocycles. The highest BCUT2D eigenvalue weighted by Gasteiger charge is 2.58. The van der Waals surface area contributed by atoms with E-state index in [1.165, 1.54) is 4.90 Å². The van der Waals surface area contributed by atoms with Gasteiger partial charge in [-0.05, 0) is 25.0 Å². The zero-order chi connectivity index (χ0) is 19.8. The van der Waals surface area contributed by atoms with Crippen molar-refractivity contribution in [3.05, 3.63) is 30.3 Å². The summed E-state index contributed by atoms with van der Waals surface area (Å²) in [6, 6.07) is 7.73. The first kappa shape index (κ1) is 19.2. The van der Waals surface area contributed by atoms with Gasteiger partial charge in [0.1, 0.15) is 0 Å². The van der Waals surface area contributed by atoms with Gasteiger partial charge in [0.2, 0.25) is 0 Å². The lowest BCUT2D eigenvalue weighted by Crippen LogP contribution is -2.68. The number of carbonyl (C=O) groups is 2. The number of imide groups is 1. The number of urea groups is 1. The van der Waals surface area contributed by atoms with Gasteiger partial charge in [-0.2, -0.15) is 8.42 Å². The lowest BCUT2D eigenvalue weighted by atomic mass is 9.93. The second-order valence-electron chi connectivity index (χ2n) is 6.31. The maximum absolute atomic E-state index is 13.2. The third-order valence-electron chi connectivity index (χ3n) is 4.43. The summed E-state index contributed by atoms with van der Waals surface area (Å²) in [6.07, 6.45) is 1.30. The summed E-state index contributed by atoms with van der Waals surface area (Å²) in [4.78, 5) is 36.5. The lowest BCUT2D eigenvalue weighted by molar-refractivity contribution is -0.113. The normalized spacial score (nSPS) is 22.6. The molecule has 1 aromatic carbocycles. The number of fused-ring (bicyclic) bond motifs is 1. The molecule has 9 nitrogen and oxygen atoms in total. The Bertz CT molecular complexity index is 941. The number of amides is 3. The van der Waals surface area contributed by atoms with Crippen molar-refractivity contribution >= 4 is 38.6 Å². The molecule has 27 heavy (non-hydrogen) atoms. The molecule has 10 heteroatoms. The summed E-state index contributed by atoms with van der Waals surface area (Å²) in [5.41, 5.74) is -1.34. The molecule has 1 unspecified atom stereocenters. The maximum Gasteiger partial charge on any atom is 0.333 e. The molecule has 0 spiro atoms. The van der Waals surface area contributed by atoms with Crippen LogP contribution < -0.4 is 4.90 Å². The number of hydrogen-bond donors (Lipinski definition) is 1. The molecular weight excluding hydrogens is 372 g/mol. The number of para-hydroxylation sites is 1. The average molecular weight is 392 g/mol. The zero-order valence-electron chi connectivity index (χ0n) is 15.0. The minimum Gasteiger partial charge on any atom is -0.293 e. The number of benzene rings is 1. The van der Waals surface area contributed by atoms with Crippen molar-refractivity contribution in [1.29, 1.82) is 0 Å². The highest BCUT2D eigenvalue weighted by atomic mass is 32.2. The van der Waals surface area contributed by atoms with Gasteiger partial charge in [-0.3, -0.25) is 14.2 Å². The van der Waals surface area contributed by atoms with E-state index >= 15 is 0 Å². The molecule has 0 bridgehead atoms. The van der Waals surface area contributed by atoms with Gasteiger partial charge >= 0.3 is 16.1 Å². The van der Waals surface area contributed by atoms with Crippen LogP contribution in [0.2, 0.25) is 0 Å². The standard InChI is InChI=1S/C17H20N4O5S/c1-3-10-17-13(18-15(19-17)27(24,25)26)14(22)21(12-8-6-5-7-9-12)16(23)20(17)11-4-2/h5-9H,3-4,10-11H2,1-2H3,(H,24,25,26). The van der Waals surface area contributed by atoms with Gasteiger partial charge in [-0.15, -0.1) is 0 Å². The van der Waals surface area contributed by atoms with E-state index in [4.69, 9.17) is 0 Å². The van der Waals surface area contributed by atoms with Crippen LogP contribution in [-0.2, 0) is 14.9 Å². The van der Waals surface area contributed by atoms with E-state index in [1.807, 2.05) is 13.8 Å². The average Bonchev–Trinajstić information content (AvgIpc) is 3.01. The largest absolute Gasteiger partial charge is 0.333 e. The molecule has 1 atom stereocenters. The quantitative estimate of drug-likeness (QED) is 0.769. The van der Waals surface area contributed by atoms with E-state index in [-0.39, 0.29) is 18.7 Å². The smallest absolute Gasteiger partial charge is 0.293 e. The van der Waals surface area contributed by atoms with Crippen molar-refractivity contribution in [1.82, 2.24) is 4.90 Å². The summed E-state index contributed by atoms with van der Waals surface area (Å²) in [7, 11) is -4.72. The van der Waals surface area contributed by atoms with Crippen molar-refractivity contribution in [3.8, 4) is 0 Å². The van der Waals surface area contributed by atoms with Gasteiger partial charge in [-0.1, -0.05) is 38.5 Å². The first-order chi connectivity index (χ1) is 12.8. The molecule has 0 aromatic heterocycles. The van der Waals surface area contributed by atoms with E-state index in [2.05, 4.69) is 9.98 Å². The van der Waals surface area contributed by atoms with Gasteiger partial charge < -0.3 is 0 Å². The highest BCUT2D eigenvalue weighted by Crippen LogP contribution is 2.37. The first-order valence-corrected chi connectivity index (χ1v) is 10.1. The Balaban J connectivity index is 2.22. The Morgan fingerprint density at radius 1 is 1.11 bits per heavy atom. The molecule has 0 radical (unpaired) electrons. The minimum absolute atomic E-state index is 0.172. The number of anilines is 1. The first-order valence-electron chi connectivity index (χ1n) is 8.64. The number of rotatable bonds is 5. The van der Waals surface area contributed by atoms with Gasteiger partial charge in [0.25, 0.3) is 11.1 Å². The Labute approximate surface area is 157 Å². The lowest BCUT2D eigenvalue weighted by Gasteiger charge is -2.45. The Kier molecular flexibility index (Phi) is 4.87. The Morgan fingerprint density at radius 2 is 1.78 bits per heavy atom. The predicted octanol–water partition coefficient (Wildman–Crippen LogP) is 2.06. The molecule has 2 aliphatic heterocycles. The molecule has 1 N–H and O–H groups in total. The van der Waals surface area contributed by atoms with E-state index in [0.717, 1.165) is 4.90 Å². The third kappa shape index (κ3) is 3.04. The SMILES string of the molecule is CCCN1C(=O)N(c2ccccc2)C(=O)C2=NC(S(=O)(=O)O)=NC21CCC. The monoisotopic (exact) mass is 392 g/mol. The summed E-state index contributed by atoms with van der Waals surface area (Å²) >= 11 is 0. The van der Waals surface area contributed by atoms with Gasteiger partial charge in [-0.25, -0.2) is 19.7 Å². The van der Waals surface area contributed by atoms with Crippen LogP contribution in [0, 0.1) is 0 Å². The van der Waals surface area contributed by atoms with E-state index in [0.29, 0.717) is 18.5 Å². The van der Waals surface area contributed by atoms with Crippen LogP contribution in [0.5, 0.6) is 0 Å². The zero-order valence-corrected chi connectivity index (χ0v) is 15.8. The van der Waals surface area contributed by atoms with Crippen LogP contribution in [0.3, 0.4) is 0 Å². The highest BCUT2D eigenvalue weighted by molar-refractivity contribution is 8.01. The number of aliphatic imine (C=N–C) groups is 2. The van der Waals surface area contributed by atoms with E-state index in [1.54, 1.807) is 30.3 Å². The molecule has 1 aromatic rings. The van der Waals surface area contributed by atoms with Crippen molar-refractivity contribution < 1.29 is 22.6 Å². The molecule has 2 aliphatic rings. The van der Waals surface area contributed by atoms with Crippen LogP contribution in [-0.4, -0.2) is 52.9 Å². The fraction of sp³-hybridized carbons (Fsp3) is 0.412. The van der Waals surface area contributed by atoms with Crippen LogP contribution in [0.15, 0.2) is 40.3 Å². The second-order valence-corrected chi connectivity index (χ2v) is 7.62. The summed E-state index contributed by atoms with van der Waals surface area (Å²) in [6.45, 7) is 3.93. The number of carbonyl (C=O) groups excluding carboxylic acids is 2. The fourth-order valence-electron chi connectivity index (χ4n) is 3.38. The molecule has 1 fully saturated rings. The summed E-state index contributed by atoms with van der Waals surface area (Å²) < 4.78 is 32.6. The van der Waals surface area contributed by atoms with Crippen molar-refractivity contribution in [2.45, 2.75) is 38.8 Å². The predicted molar refractivity (Wildman–Crippen MR) is 100 cm³/mol. The van der Waals surface area contributed by atoms with Crippen LogP contribution >= 0.6 is 0 Å². The van der Waals surface area contributed by atoms with Gasteiger partial charge in [0, 0.05) is 6.54 Å². The molecular formula is C17H20N4O5S. The van der Waals surface area contributed by atoms with E-state index < -0.39 is 32.9 Å². The topological polar surface area (TPSA) is 120 Å². The number of nitrogens with zero attached hydrogens (tertiary/aromatic N) is 4. The summed E-state index contributed by atoms with van der Waals surface area (Å²) in [5, 5.41) is -0.844. The van der Waals surface area contributed by atoms with Crippen LogP contribution in [0.4, 0.5) is 10.5 Å². The van der Waals surface area contributed by atoms with Crippen molar-refractivity contribution in [2.75, 3.05) is 11.4 Å². The number of amidine groups is 1. The van der Waals surface area contributed by atoms with Gasteiger partial charge in [0.05, 0.1) is 5.69 Å². The van der Waals surface area contributed by atoms with Crippen molar-refractivity contribution in [3.63, 3.8) is 0 Å². The van der Waals surface area contributed by atoms with E-state index in [9.17, 15) is 22.6 Å². The molecule has 3 amide bonds. The van der Waals surface area contributed by atoms with Gasteiger partial charge in [0.15, 0.2) is 11.4 Å². The molecule has 2 heterocycles. The minimum atomic E-state index is -4.72. The fourth-order valence-corrected chi connectivity index (χ4v) is 3.86. The van der Waals surface area contributed by atoms with Crippen molar-refractivity contribution in [2.24, 2.45) is 9.98 Å². The maximum atomic E-state index is 13.2. The molecule has 0 saturated carbocycles. The Hall–Kier alpha value is -2.59. The second kappa shape index (κ2) is 6.86. The Morgan fingerprint density at radius 3 is 2.33 bits per heavy atom. The summed E-state index contributed by atoms with van der Waals surface area (Å²) in [5.74, 6) is -0.741.